The Morgan fingerprint density at radius 2 is 2.45 bits per heavy atom. The van der Waals surface area contributed by atoms with Crippen molar-refractivity contribution >= 4 is 33.0 Å². The molecule has 0 radical (unpaired) electrons. The van der Waals surface area contributed by atoms with Crippen LogP contribution in [0.2, 0.25) is 0 Å². The molecule has 0 atom stereocenters. The normalized spacial score (nSPS) is 10.0. The van der Waals surface area contributed by atoms with Crippen LogP contribution >= 0.6 is 27.3 Å². The van der Waals surface area contributed by atoms with Gasteiger partial charge in [-0.1, -0.05) is 0 Å². The summed E-state index contributed by atoms with van der Waals surface area (Å²) in [6.07, 6.45) is 0.453. The number of nitrogens with two attached hydrogens (primary N) is 1. The van der Waals surface area contributed by atoms with E-state index in [-0.39, 0.29) is 12.3 Å². The highest BCUT2D eigenvalue weighted by Gasteiger charge is 2.05. The van der Waals surface area contributed by atoms with Gasteiger partial charge in [0.1, 0.15) is 0 Å². The SMILES string of the molecule is NCC(=O)Cc1sccc1Br. The second-order valence-electron chi connectivity index (χ2n) is 2.11. The van der Waals surface area contributed by atoms with Gasteiger partial charge in [-0.3, -0.25) is 4.79 Å². The molecule has 2 nitrogen and oxygen atoms in total. The van der Waals surface area contributed by atoms with Gasteiger partial charge in [0.15, 0.2) is 5.78 Å². The number of halogens is 1. The molecule has 2 N–H and O–H groups in total. The zero-order valence-corrected chi connectivity index (χ0v) is 8.24. The van der Waals surface area contributed by atoms with Crippen LogP contribution in [0.25, 0.3) is 0 Å². The summed E-state index contributed by atoms with van der Waals surface area (Å²) >= 11 is 4.91. The third-order valence-electron chi connectivity index (χ3n) is 1.28. The molecule has 0 aliphatic carbocycles. The van der Waals surface area contributed by atoms with Crippen molar-refractivity contribution in [2.45, 2.75) is 6.42 Å². The lowest BCUT2D eigenvalue weighted by Gasteiger charge is -1.94. The minimum atomic E-state index is 0.0770. The lowest BCUT2D eigenvalue weighted by molar-refractivity contribution is -0.117. The number of ketones is 1. The number of thiophene rings is 1. The molecule has 0 aliphatic heterocycles. The lowest BCUT2D eigenvalue weighted by atomic mass is 10.2. The Bertz CT molecular complexity index is 259. The molecule has 11 heavy (non-hydrogen) atoms. The molecule has 0 fully saturated rings. The van der Waals surface area contributed by atoms with E-state index >= 15 is 0 Å². The smallest absolute Gasteiger partial charge is 0.151 e. The fourth-order valence-corrected chi connectivity index (χ4v) is 2.22. The van der Waals surface area contributed by atoms with Crippen LogP contribution in [0.4, 0.5) is 0 Å². The molecular formula is C7H8BrNOS. The van der Waals surface area contributed by atoms with Crippen LogP contribution in [0, 0.1) is 0 Å². The number of carbonyl (C=O) groups excluding carboxylic acids is 1. The van der Waals surface area contributed by atoms with Crippen molar-refractivity contribution < 1.29 is 4.79 Å². The first kappa shape index (κ1) is 8.90. The third-order valence-corrected chi connectivity index (χ3v) is 3.20. The molecule has 1 rings (SSSR count). The molecule has 1 heterocycles. The predicted molar refractivity (Wildman–Crippen MR) is 49.8 cm³/mol. The van der Waals surface area contributed by atoms with Gasteiger partial charge in [-0.2, -0.15) is 0 Å². The van der Waals surface area contributed by atoms with Gasteiger partial charge in [0, 0.05) is 15.8 Å². The molecule has 1 aromatic rings. The topological polar surface area (TPSA) is 43.1 Å². The summed E-state index contributed by atoms with van der Waals surface area (Å²) in [5.74, 6) is 0.0770. The summed E-state index contributed by atoms with van der Waals surface area (Å²) in [6, 6.07) is 1.93. The van der Waals surface area contributed by atoms with E-state index in [1.807, 2.05) is 11.4 Å². The van der Waals surface area contributed by atoms with E-state index in [9.17, 15) is 4.79 Å². The standard InChI is InChI=1S/C7H8BrNOS/c8-6-1-2-11-7(6)3-5(10)4-9/h1-2H,3-4,9H2. The highest BCUT2D eigenvalue weighted by Crippen LogP contribution is 2.22. The maximum atomic E-state index is 10.9. The van der Waals surface area contributed by atoms with Crippen molar-refractivity contribution in [1.29, 1.82) is 0 Å². The molecule has 0 saturated carbocycles. The van der Waals surface area contributed by atoms with E-state index in [1.165, 1.54) is 0 Å². The lowest BCUT2D eigenvalue weighted by Crippen LogP contribution is -2.15. The maximum absolute atomic E-state index is 10.9. The molecule has 0 amide bonds. The van der Waals surface area contributed by atoms with E-state index in [4.69, 9.17) is 5.73 Å². The Balaban J connectivity index is 2.64. The Hall–Kier alpha value is -0.190. The molecule has 1 aromatic heterocycles. The number of hydrogen-bond donors (Lipinski definition) is 1. The quantitative estimate of drug-likeness (QED) is 0.862. The van der Waals surface area contributed by atoms with Gasteiger partial charge in [-0.05, 0) is 27.4 Å². The van der Waals surface area contributed by atoms with Crippen LogP contribution in [-0.2, 0) is 11.2 Å². The average Bonchev–Trinajstić information content (AvgIpc) is 2.37. The van der Waals surface area contributed by atoms with Gasteiger partial charge in [-0.15, -0.1) is 11.3 Å². The Morgan fingerprint density at radius 1 is 1.73 bits per heavy atom. The van der Waals surface area contributed by atoms with Crippen LogP contribution in [0.1, 0.15) is 4.88 Å². The second-order valence-corrected chi connectivity index (χ2v) is 3.97. The molecule has 0 aliphatic rings. The number of carbonyl (C=O) groups is 1. The zero-order valence-electron chi connectivity index (χ0n) is 5.84. The van der Waals surface area contributed by atoms with Crippen LogP contribution < -0.4 is 5.73 Å². The number of rotatable bonds is 3. The molecule has 0 unspecified atom stereocenters. The third kappa shape index (κ3) is 2.39. The largest absolute Gasteiger partial charge is 0.324 e. The molecular weight excluding hydrogens is 226 g/mol. The fraction of sp³-hybridized carbons (Fsp3) is 0.286. The highest BCUT2D eigenvalue weighted by atomic mass is 79.9. The van der Waals surface area contributed by atoms with Crippen molar-refractivity contribution in [2.24, 2.45) is 5.73 Å². The van der Waals surface area contributed by atoms with E-state index in [1.54, 1.807) is 11.3 Å². The van der Waals surface area contributed by atoms with E-state index in [2.05, 4.69) is 15.9 Å². The molecule has 0 saturated heterocycles. The minimum Gasteiger partial charge on any atom is -0.324 e. The summed E-state index contributed by atoms with van der Waals surface area (Å²) < 4.78 is 1.00. The summed E-state index contributed by atoms with van der Waals surface area (Å²) in [4.78, 5) is 11.9. The van der Waals surface area contributed by atoms with Crippen LogP contribution in [0.5, 0.6) is 0 Å². The first-order valence-corrected chi connectivity index (χ1v) is 4.85. The van der Waals surface area contributed by atoms with E-state index in [0.717, 1.165) is 9.35 Å². The highest BCUT2D eigenvalue weighted by molar-refractivity contribution is 9.10. The van der Waals surface area contributed by atoms with E-state index < -0.39 is 0 Å². The Labute approximate surface area is 77.5 Å². The molecule has 60 valence electrons. The summed E-state index contributed by atoms with van der Waals surface area (Å²) in [5, 5.41) is 1.95. The fourth-order valence-electron chi connectivity index (χ4n) is 0.702. The van der Waals surface area contributed by atoms with Crippen molar-refractivity contribution in [3.63, 3.8) is 0 Å². The molecule has 0 aromatic carbocycles. The molecule has 4 heteroatoms. The second kappa shape index (κ2) is 3.99. The summed E-state index contributed by atoms with van der Waals surface area (Å²) in [7, 11) is 0. The summed E-state index contributed by atoms with van der Waals surface area (Å²) in [5.41, 5.74) is 5.18. The van der Waals surface area contributed by atoms with Gasteiger partial charge in [0.05, 0.1) is 6.54 Å². The first-order chi connectivity index (χ1) is 5.24. The van der Waals surface area contributed by atoms with Gasteiger partial charge in [0.2, 0.25) is 0 Å². The zero-order chi connectivity index (χ0) is 8.27. The van der Waals surface area contributed by atoms with Crippen molar-refractivity contribution in [2.75, 3.05) is 6.54 Å². The predicted octanol–water partition coefficient (Wildman–Crippen LogP) is 1.58. The van der Waals surface area contributed by atoms with Crippen LogP contribution in [-0.4, -0.2) is 12.3 Å². The Kier molecular flexibility index (Phi) is 3.23. The Morgan fingerprint density at radius 3 is 2.91 bits per heavy atom. The molecule has 0 spiro atoms. The van der Waals surface area contributed by atoms with Crippen molar-refractivity contribution in [3.05, 3.63) is 20.8 Å². The van der Waals surface area contributed by atoms with Crippen molar-refractivity contribution in [1.82, 2.24) is 0 Å². The maximum Gasteiger partial charge on any atom is 0.151 e. The summed E-state index contributed by atoms with van der Waals surface area (Å²) in [6.45, 7) is 0.129. The van der Waals surface area contributed by atoms with Crippen molar-refractivity contribution in [3.8, 4) is 0 Å². The van der Waals surface area contributed by atoms with E-state index in [0.29, 0.717) is 6.42 Å². The van der Waals surface area contributed by atoms with Gasteiger partial charge >= 0.3 is 0 Å². The molecule has 0 bridgehead atoms. The van der Waals surface area contributed by atoms with Crippen LogP contribution in [0.3, 0.4) is 0 Å². The van der Waals surface area contributed by atoms with Gasteiger partial charge < -0.3 is 5.73 Å². The minimum absolute atomic E-state index is 0.0770. The monoisotopic (exact) mass is 233 g/mol. The first-order valence-electron chi connectivity index (χ1n) is 3.17. The van der Waals surface area contributed by atoms with Gasteiger partial charge in [0.25, 0.3) is 0 Å². The number of Topliss-reactive ketones (excluding diaryl/α,β-unsaturated/α-hetero) is 1. The average molecular weight is 234 g/mol. The number of hydrogen-bond acceptors (Lipinski definition) is 3. The van der Waals surface area contributed by atoms with Gasteiger partial charge in [-0.25, -0.2) is 0 Å². The van der Waals surface area contributed by atoms with Crippen LogP contribution in [0.15, 0.2) is 15.9 Å².